The minimum Gasteiger partial charge on any atom is -0.478 e. The Bertz CT molecular complexity index is 701. The van der Waals surface area contributed by atoms with Gasteiger partial charge in [0.05, 0.1) is 11.1 Å². The first-order valence-corrected chi connectivity index (χ1v) is 6.49. The number of aryl methyl sites for hydroxylation is 1. The van der Waals surface area contributed by atoms with Crippen molar-refractivity contribution in [3.05, 3.63) is 47.2 Å². The lowest BCUT2D eigenvalue weighted by atomic mass is 9.97. The highest BCUT2D eigenvalue weighted by molar-refractivity contribution is 5.99. The minimum absolute atomic E-state index is 0.331. The molecule has 0 aliphatic heterocycles. The normalized spacial score (nSPS) is 14.7. The highest BCUT2D eigenvalue weighted by Crippen LogP contribution is 2.33. The second-order valence-corrected chi connectivity index (χ2v) is 4.97. The van der Waals surface area contributed by atoms with E-state index < -0.39 is 5.97 Å². The monoisotopic (exact) mass is 253 g/mol. The van der Waals surface area contributed by atoms with Crippen LogP contribution in [0.4, 0.5) is 0 Å². The molecule has 0 bridgehead atoms. The molecular weight excluding hydrogens is 238 g/mol. The number of rotatable bonds is 2. The number of hydrogen-bond acceptors (Lipinski definition) is 2. The van der Waals surface area contributed by atoms with Gasteiger partial charge in [0.1, 0.15) is 0 Å². The van der Waals surface area contributed by atoms with Crippen molar-refractivity contribution < 1.29 is 9.90 Å². The second-order valence-electron chi connectivity index (χ2n) is 4.97. The van der Waals surface area contributed by atoms with E-state index >= 15 is 0 Å². The van der Waals surface area contributed by atoms with Crippen LogP contribution in [-0.4, -0.2) is 16.1 Å². The average molecular weight is 253 g/mol. The number of nitrogens with zero attached hydrogens (tertiary/aromatic N) is 1. The van der Waals surface area contributed by atoms with Crippen LogP contribution in [0.2, 0.25) is 0 Å². The Kier molecular flexibility index (Phi) is 2.82. The molecule has 1 aliphatic carbocycles. The van der Waals surface area contributed by atoms with Crippen LogP contribution in [0, 0.1) is 6.92 Å². The van der Waals surface area contributed by atoms with Gasteiger partial charge in [0.15, 0.2) is 0 Å². The summed E-state index contributed by atoms with van der Waals surface area (Å²) >= 11 is 0. The van der Waals surface area contributed by atoms with E-state index in [1.165, 1.54) is 12.0 Å². The van der Waals surface area contributed by atoms with Crippen molar-refractivity contribution in [2.45, 2.75) is 26.2 Å². The van der Waals surface area contributed by atoms with Crippen molar-refractivity contribution in [1.29, 1.82) is 0 Å². The van der Waals surface area contributed by atoms with Crippen molar-refractivity contribution in [2.24, 2.45) is 0 Å². The highest BCUT2D eigenvalue weighted by atomic mass is 16.4. The van der Waals surface area contributed by atoms with E-state index in [2.05, 4.69) is 11.1 Å². The predicted molar refractivity (Wildman–Crippen MR) is 75.3 cm³/mol. The summed E-state index contributed by atoms with van der Waals surface area (Å²) in [5, 5.41) is 10.1. The average Bonchev–Trinajstić information content (AvgIpc) is 2.91. The number of carboxylic acid groups (broad SMARTS) is 1. The topological polar surface area (TPSA) is 50.2 Å². The van der Waals surface area contributed by atoms with Crippen molar-refractivity contribution in [3.63, 3.8) is 0 Å². The van der Waals surface area contributed by atoms with Crippen LogP contribution in [-0.2, 0) is 0 Å². The number of allylic oxidation sites excluding steroid dienone is 2. The Labute approximate surface area is 111 Å². The van der Waals surface area contributed by atoms with Crippen LogP contribution in [0.1, 0.15) is 40.7 Å². The number of benzene rings is 1. The Hall–Kier alpha value is -2.16. The Morgan fingerprint density at radius 3 is 2.89 bits per heavy atom. The summed E-state index contributed by atoms with van der Waals surface area (Å²) in [6.45, 7) is 1.91. The summed E-state index contributed by atoms with van der Waals surface area (Å²) in [4.78, 5) is 15.6. The van der Waals surface area contributed by atoms with Crippen molar-refractivity contribution in [1.82, 2.24) is 4.98 Å². The quantitative estimate of drug-likeness (QED) is 0.885. The largest absolute Gasteiger partial charge is 0.478 e. The molecule has 1 aromatic heterocycles. The summed E-state index contributed by atoms with van der Waals surface area (Å²) < 4.78 is 0. The fraction of sp³-hybridized carbons (Fsp3) is 0.250. The van der Waals surface area contributed by atoms with Crippen molar-refractivity contribution >= 4 is 22.4 Å². The van der Waals surface area contributed by atoms with Crippen LogP contribution < -0.4 is 0 Å². The predicted octanol–water partition coefficient (Wildman–Crippen LogP) is 3.81. The molecule has 3 rings (SSSR count). The summed E-state index contributed by atoms with van der Waals surface area (Å²) in [6.07, 6.45) is 7.41. The van der Waals surface area contributed by atoms with Gasteiger partial charge in [0.25, 0.3) is 0 Å². The summed E-state index contributed by atoms with van der Waals surface area (Å²) in [5.74, 6) is -0.889. The van der Waals surface area contributed by atoms with E-state index in [0.29, 0.717) is 5.56 Å². The van der Waals surface area contributed by atoms with Crippen molar-refractivity contribution in [2.75, 3.05) is 0 Å². The standard InChI is InChI=1S/C16H15NO2/c1-10-8-12(16(18)19)9-14-13(6-7-17-15(10)14)11-4-2-3-5-11/h4,6-9H,2-3,5H2,1H3,(H,18,19). The van der Waals surface area contributed by atoms with Crippen LogP contribution in [0.3, 0.4) is 0 Å². The number of hydrogen-bond donors (Lipinski definition) is 1. The third-order valence-electron chi connectivity index (χ3n) is 3.67. The molecule has 0 saturated heterocycles. The number of carboxylic acids is 1. The number of aromatic nitrogens is 1. The molecule has 3 nitrogen and oxygen atoms in total. The lowest BCUT2D eigenvalue weighted by molar-refractivity contribution is 0.0697. The number of fused-ring (bicyclic) bond motifs is 1. The first-order valence-electron chi connectivity index (χ1n) is 6.49. The van der Waals surface area contributed by atoms with E-state index in [4.69, 9.17) is 0 Å². The number of aromatic carboxylic acids is 1. The van der Waals surface area contributed by atoms with Crippen molar-refractivity contribution in [3.8, 4) is 0 Å². The molecule has 1 aliphatic rings. The van der Waals surface area contributed by atoms with Gasteiger partial charge in [0, 0.05) is 11.6 Å². The van der Waals surface area contributed by atoms with E-state index in [0.717, 1.165) is 34.9 Å². The molecule has 2 aromatic rings. The first kappa shape index (κ1) is 11.9. The van der Waals surface area contributed by atoms with Gasteiger partial charge in [-0.05, 0) is 61.1 Å². The second kappa shape index (κ2) is 4.50. The maximum Gasteiger partial charge on any atom is 0.335 e. The fourth-order valence-corrected chi connectivity index (χ4v) is 2.75. The first-order chi connectivity index (χ1) is 9.16. The van der Waals surface area contributed by atoms with Crippen LogP contribution in [0.5, 0.6) is 0 Å². The van der Waals surface area contributed by atoms with Gasteiger partial charge < -0.3 is 5.11 Å². The van der Waals surface area contributed by atoms with Crippen LogP contribution in [0.25, 0.3) is 16.5 Å². The summed E-state index contributed by atoms with van der Waals surface area (Å²) in [5.41, 5.74) is 4.59. The highest BCUT2D eigenvalue weighted by Gasteiger charge is 2.14. The maximum absolute atomic E-state index is 11.2. The van der Waals surface area contributed by atoms with E-state index in [1.54, 1.807) is 12.1 Å². The molecule has 0 atom stereocenters. The number of pyridine rings is 1. The van der Waals surface area contributed by atoms with Crippen LogP contribution in [0.15, 0.2) is 30.5 Å². The van der Waals surface area contributed by atoms with Gasteiger partial charge in [-0.15, -0.1) is 0 Å². The molecule has 1 N–H and O–H groups in total. The summed E-state index contributed by atoms with van der Waals surface area (Å²) in [6, 6.07) is 5.42. The molecule has 1 heterocycles. The smallest absolute Gasteiger partial charge is 0.335 e. The molecule has 0 spiro atoms. The van der Waals surface area contributed by atoms with Gasteiger partial charge in [-0.2, -0.15) is 0 Å². The molecule has 0 fully saturated rings. The Morgan fingerprint density at radius 2 is 2.21 bits per heavy atom. The SMILES string of the molecule is Cc1cc(C(=O)O)cc2c(C3=CCCC3)ccnc12. The van der Waals surface area contributed by atoms with Gasteiger partial charge in [-0.25, -0.2) is 4.79 Å². The molecule has 1 aromatic carbocycles. The molecule has 19 heavy (non-hydrogen) atoms. The van der Waals surface area contributed by atoms with Gasteiger partial charge in [-0.1, -0.05) is 6.08 Å². The molecule has 0 amide bonds. The maximum atomic E-state index is 11.2. The lowest BCUT2D eigenvalue weighted by Gasteiger charge is -2.10. The zero-order valence-electron chi connectivity index (χ0n) is 10.8. The minimum atomic E-state index is -0.889. The molecule has 3 heteroatoms. The molecule has 0 saturated carbocycles. The van der Waals surface area contributed by atoms with Gasteiger partial charge >= 0.3 is 5.97 Å². The molecule has 96 valence electrons. The molecular formula is C16H15NO2. The Balaban J connectivity index is 2.30. The third kappa shape index (κ3) is 2.01. The van der Waals surface area contributed by atoms with Crippen LogP contribution >= 0.6 is 0 Å². The number of carbonyl (C=O) groups is 1. The van der Waals surface area contributed by atoms with Gasteiger partial charge in [0.2, 0.25) is 0 Å². The van der Waals surface area contributed by atoms with E-state index in [-0.39, 0.29) is 0 Å². The zero-order valence-corrected chi connectivity index (χ0v) is 10.8. The zero-order chi connectivity index (χ0) is 13.4. The third-order valence-corrected chi connectivity index (χ3v) is 3.67. The fourth-order valence-electron chi connectivity index (χ4n) is 2.75. The summed E-state index contributed by atoms with van der Waals surface area (Å²) in [7, 11) is 0. The Morgan fingerprint density at radius 1 is 1.37 bits per heavy atom. The molecule has 0 radical (unpaired) electrons. The van der Waals surface area contributed by atoms with E-state index in [9.17, 15) is 9.90 Å². The van der Waals surface area contributed by atoms with Gasteiger partial charge in [-0.3, -0.25) is 4.98 Å². The van der Waals surface area contributed by atoms with E-state index in [1.807, 2.05) is 19.2 Å². The lowest BCUT2D eigenvalue weighted by Crippen LogP contribution is -1.99. The molecule has 0 unspecified atom stereocenters.